The van der Waals surface area contributed by atoms with Gasteiger partial charge in [-0.2, -0.15) is 0 Å². The molecule has 0 heterocycles. The van der Waals surface area contributed by atoms with E-state index < -0.39 is 32.2 Å². The number of nitrogens with one attached hydrogen (secondary N) is 1. The van der Waals surface area contributed by atoms with Gasteiger partial charge in [-0.1, -0.05) is 33.6 Å². The van der Waals surface area contributed by atoms with Crippen LogP contribution >= 0.6 is 27.5 Å². The highest BCUT2D eigenvalue weighted by molar-refractivity contribution is 9.10. The van der Waals surface area contributed by atoms with Crippen molar-refractivity contribution >= 4 is 49.1 Å². The molecule has 0 aliphatic heterocycles. The van der Waals surface area contributed by atoms with Gasteiger partial charge in [0.1, 0.15) is 10.7 Å². The van der Waals surface area contributed by atoms with Gasteiger partial charge in [0.15, 0.2) is 0 Å². The van der Waals surface area contributed by atoms with E-state index in [1.807, 2.05) is 0 Å². The number of hydrogen-bond acceptors (Lipinski definition) is 3. The average molecular weight is 408 g/mol. The highest BCUT2D eigenvalue weighted by Gasteiger charge is 2.20. The zero-order valence-corrected chi connectivity index (χ0v) is 14.0. The highest BCUT2D eigenvalue weighted by atomic mass is 79.9. The lowest BCUT2D eigenvalue weighted by Crippen LogP contribution is -2.17. The second kappa shape index (κ2) is 6.33. The van der Waals surface area contributed by atoms with Gasteiger partial charge < -0.3 is 5.32 Å². The zero-order chi connectivity index (χ0) is 16.5. The molecule has 1 amide bonds. The summed E-state index contributed by atoms with van der Waals surface area (Å²) in [5.41, 5.74) is -0.0701. The number of sulfonamides is 1. The number of carbonyl (C=O) groups excluding carboxylic acids is 1. The topological polar surface area (TPSA) is 89.3 Å². The first-order chi connectivity index (χ1) is 10.2. The van der Waals surface area contributed by atoms with Crippen molar-refractivity contribution in [2.24, 2.45) is 5.14 Å². The van der Waals surface area contributed by atoms with Gasteiger partial charge in [0.05, 0.1) is 10.6 Å². The largest absolute Gasteiger partial charge is 0.322 e. The molecule has 22 heavy (non-hydrogen) atoms. The van der Waals surface area contributed by atoms with E-state index in [0.717, 1.165) is 12.1 Å². The number of rotatable bonds is 3. The van der Waals surface area contributed by atoms with Crippen LogP contribution in [0.5, 0.6) is 0 Å². The van der Waals surface area contributed by atoms with Gasteiger partial charge in [-0.05, 0) is 30.3 Å². The van der Waals surface area contributed by atoms with E-state index in [-0.39, 0.29) is 5.02 Å². The van der Waals surface area contributed by atoms with E-state index in [1.165, 1.54) is 0 Å². The molecule has 0 spiro atoms. The van der Waals surface area contributed by atoms with Crippen molar-refractivity contribution in [1.29, 1.82) is 0 Å². The number of primary sulfonamides is 1. The molecule has 116 valence electrons. The van der Waals surface area contributed by atoms with Crippen LogP contribution in [-0.2, 0) is 10.0 Å². The first-order valence-electron chi connectivity index (χ1n) is 5.77. The maximum absolute atomic E-state index is 13.9. The Hall–Kier alpha value is -1.48. The Morgan fingerprint density at radius 2 is 1.95 bits per heavy atom. The molecule has 5 nitrogen and oxygen atoms in total. The quantitative estimate of drug-likeness (QED) is 0.819. The zero-order valence-electron chi connectivity index (χ0n) is 10.8. The molecular weight excluding hydrogens is 399 g/mol. The number of carbonyl (C=O) groups is 1. The average Bonchev–Trinajstić information content (AvgIpc) is 2.36. The first-order valence-corrected chi connectivity index (χ1v) is 8.49. The van der Waals surface area contributed by atoms with Gasteiger partial charge in [-0.3, -0.25) is 4.79 Å². The maximum atomic E-state index is 13.9. The van der Waals surface area contributed by atoms with Crippen LogP contribution in [0.2, 0.25) is 5.02 Å². The van der Waals surface area contributed by atoms with E-state index >= 15 is 0 Å². The summed E-state index contributed by atoms with van der Waals surface area (Å²) in [5, 5.41) is 7.04. The van der Waals surface area contributed by atoms with E-state index in [9.17, 15) is 17.6 Å². The Morgan fingerprint density at radius 3 is 2.55 bits per heavy atom. The van der Waals surface area contributed by atoms with Crippen molar-refractivity contribution in [1.82, 2.24) is 0 Å². The van der Waals surface area contributed by atoms with E-state index in [1.54, 1.807) is 24.3 Å². The van der Waals surface area contributed by atoms with Gasteiger partial charge >= 0.3 is 0 Å². The third-order valence-electron chi connectivity index (χ3n) is 2.66. The Kier molecular flexibility index (Phi) is 4.86. The van der Waals surface area contributed by atoms with E-state index in [2.05, 4.69) is 21.2 Å². The molecule has 3 N–H and O–H groups in total. The smallest absolute Gasteiger partial charge is 0.258 e. The standard InChI is InChI=1S/C13H9BrClFN2O3S/c14-7-2-1-3-8(4-7)18-13(19)9-5-12(22(17,20)21)10(15)6-11(9)16/h1-6H,(H,18,19)(H2,17,20,21). The van der Waals surface area contributed by atoms with Crippen molar-refractivity contribution < 1.29 is 17.6 Å². The molecular formula is C13H9BrClFN2O3S. The Balaban J connectivity index is 2.42. The van der Waals surface area contributed by atoms with Crippen LogP contribution in [0.1, 0.15) is 10.4 Å². The number of benzene rings is 2. The molecule has 0 aliphatic rings. The molecule has 2 rings (SSSR count). The van der Waals surface area contributed by atoms with Crippen molar-refractivity contribution in [3.8, 4) is 0 Å². The molecule has 2 aromatic rings. The molecule has 0 aliphatic carbocycles. The van der Waals surface area contributed by atoms with Crippen molar-refractivity contribution in [2.75, 3.05) is 5.32 Å². The predicted molar refractivity (Wildman–Crippen MR) is 84.9 cm³/mol. The molecule has 0 bridgehead atoms. The van der Waals surface area contributed by atoms with Crippen LogP contribution in [0.4, 0.5) is 10.1 Å². The number of halogens is 3. The lowest BCUT2D eigenvalue weighted by atomic mass is 10.2. The maximum Gasteiger partial charge on any atom is 0.258 e. The lowest BCUT2D eigenvalue weighted by molar-refractivity contribution is 0.102. The molecule has 0 atom stereocenters. The summed E-state index contributed by atoms with van der Waals surface area (Å²) in [4.78, 5) is 11.6. The summed E-state index contributed by atoms with van der Waals surface area (Å²) in [7, 11) is -4.17. The summed E-state index contributed by atoms with van der Waals surface area (Å²) < 4.78 is 37.3. The summed E-state index contributed by atoms with van der Waals surface area (Å²) in [5.74, 6) is -1.78. The SMILES string of the molecule is NS(=O)(=O)c1cc(C(=O)Nc2cccc(Br)c2)c(F)cc1Cl. The molecule has 0 unspecified atom stereocenters. The number of amides is 1. The van der Waals surface area contributed by atoms with Crippen molar-refractivity contribution in [3.63, 3.8) is 0 Å². The minimum atomic E-state index is -4.17. The molecule has 0 aromatic heterocycles. The normalized spacial score (nSPS) is 11.3. The molecule has 0 saturated heterocycles. The van der Waals surface area contributed by atoms with Crippen LogP contribution < -0.4 is 10.5 Å². The summed E-state index contributed by atoms with van der Waals surface area (Å²) in [6, 6.07) is 8.16. The van der Waals surface area contributed by atoms with Gasteiger partial charge in [0.2, 0.25) is 10.0 Å². The summed E-state index contributed by atoms with van der Waals surface area (Å²) >= 11 is 8.87. The van der Waals surface area contributed by atoms with E-state index in [4.69, 9.17) is 16.7 Å². The van der Waals surface area contributed by atoms with E-state index in [0.29, 0.717) is 10.2 Å². The van der Waals surface area contributed by atoms with Crippen LogP contribution in [0.3, 0.4) is 0 Å². The fourth-order valence-electron chi connectivity index (χ4n) is 1.69. The van der Waals surface area contributed by atoms with Crippen LogP contribution in [-0.4, -0.2) is 14.3 Å². The Labute approximate surface area is 139 Å². The summed E-state index contributed by atoms with van der Waals surface area (Å²) in [6.45, 7) is 0. The third kappa shape index (κ3) is 3.83. The van der Waals surface area contributed by atoms with Gasteiger partial charge in [0, 0.05) is 10.2 Å². The van der Waals surface area contributed by atoms with Crippen LogP contribution in [0.15, 0.2) is 45.8 Å². The van der Waals surface area contributed by atoms with Crippen LogP contribution in [0.25, 0.3) is 0 Å². The van der Waals surface area contributed by atoms with Gasteiger partial charge in [-0.25, -0.2) is 17.9 Å². The van der Waals surface area contributed by atoms with Crippen LogP contribution in [0, 0.1) is 5.82 Å². The molecule has 0 saturated carbocycles. The van der Waals surface area contributed by atoms with Crippen molar-refractivity contribution in [2.45, 2.75) is 4.90 Å². The Bertz CT molecular complexity index is 858. The third-order valence-corrected chi connectivity index (χ3v) is 4.52. The number of anilines is 1. The molecule has 0 radical (unpaired) electrons. The van der Waals surface area contributed by atoms with Gasteiger partial charge in [0.25, 0.3) is 5.91 Å². The predicted octanol–water partition coefficient (Wildman–Crippen LogP) is 3.14. The fourth-order valence-corrected chi connectivity index (χ4v) is 3.17. The summed E-state index contributed by atoms with van der Waals surface area (Å²) in [6.07, 6.45) is 0. The van der Waals surface area contributed by atoms with Crippen molar-refractivity contribution in [3.05, 3.63) is 57.3 Å². The second-order valence-electron chi connectivity index (χ2n) is 4.27. The molecule has 2 aromatic carbocycles. The molecule has 0 fully saturated rings. The second-order valence-corrected chi connectivity index (χ2v) is 7.12. The molecule has 9 heteroatoms. The monoisotopic (exact) mass is 406 g/mol. The minimum absolute atomic E-state index is 0.390. The number of nitrogens with two attached hydrogens (primary N) is 1. The minimum Gasteiger partial charge on any atom is -0.322 e. The van der Waals surface area contributed by atoms with Gasteiger partial charge in [-0.15, -0.1) is 0 Å². The fraction of sp³-hybridized carbons (Fsp3) is 0. The lowest BCUT2D eigenvalue weighted by Gasteiger charge is -2.09. The highest BCUT2D eigenvalue weighted by Crippen LogP contribution is 2.25. The first kappa shape index (κ1) is 16.9. The number of hydrogen-bond donors (Lipinski definition) is 2. The Morgan fingerprint density at radius 1 is 1.27 bits per heavy atom.